The number of unbranched alkanes of at least 4 members (excludes halogenated alkanes) is 15. The molecule has 248 valence electrons. The molecule has 46 heavy (non-hydrogen) atoms. The maximum Gasteiger partial charge on any atom is 0.172 e. The van der Waals surface area contributed by atoms with E-state index < -0.39 is 0 Å². The Morgan fingerprint density at radius 3 is 1.63 bits per heavy atom. The van der Waals surface area contributed by atoms with Crippen molar-refractivity contribution < 1.29 is 4.57 Å². The Hall–Kier alpha value is -3.13. The molecule has 0 spiro atoms. The number of benzene rings is 2. The summed E-state index contributed by atoms with van der Waals surface area (Å²) in [6, 6.07) is 20.1. The molecular formula is C44H63N2+. The van der Waals surface area contributed by atoms with Gasteiger partial charge >= 0.3 is 0 Å². The lowest BCUT2D eigenvalue weighted by atomic mass is 9.87. The molecule has 0 atom stereocenters. The lowest BCUT2D eigenvalue weighted by molar-refractivity contribution is -0.697. The summed E-state index contributed by atoms with van der Waals surface area (Å²) in [5.41, 5.74) is 9.45. The van der Waals surface area contributed by atoms with Crippen molar-refractivity contribution in [3.05, 3.63) is 94.8 Å². The van der Waals surface area contributed by atoms with Crippen LogP contribution in [-0.4, -0.2) is 14.1 Å². The Balaban J connectivity index is 1.12. The van der Waals surface area contributed by atoms with Gasteiger partial charge < -0.3 is 4.90 Å². The van der Waals surface area contributed by atoms with Crippen molar-refractivity contribution >= 4 is 29.5 Å². The van der Waals surface area contributed by atoms with E-state index in [-0.39, 0.29) is 0 Å². The number of nitrogens with zero attached hydrogens (tertiary/aromatic N) is 2. The van der Waals surface area contributed by atoms with Crippen molar-refractivity contribution in [3.63, 3.8) is 0 Å². The molecule has 1 aliphatic carbocycles. The van der Waals surface area contributed by atoms with Gasteiger partial charge in [-0.2, -0.15) is 0 Å². The topological polar surface area (TPSA) is 7.12 Å². The first-order valence-electron chi connectivity index (χ1n) is 18.9. The monoisotopic (exact) mass is 619 g/mol. The molecule has 0 unspecified atom stereocenters. The third-order valence-corrected chi connectivity index (χ3v) is 9.76. The number of hydrogen-bond acceptors (Lipinski definition) is 1. The molecule has 1 aliphatic rings. The summed E-state index contributed by atoms with van der Waals surface area (Å²) in [4.78, 5) is 2.13. The second-order valence-corrected chi connectivity index (χ2v) is 13.9. The SMILES string of the molecule is CCCCCCCCCCCCCCCCCC[n+]1ccc2c(c1)CCC/C2=C\c1ccc(/C=C/c2ccc(N(C)C)cc2)cc1. The van der Waals surface area contributed by atoms with Crippen LogP contribution in [0.1, 0.15) is 150 Å². The zero-order valence-corrected chi connectivity index (χ0v) is 29.6. The standard InChI is InChI=1S/C44H63N2/c1-4-5-6-7-8-9-10-11-12-13-14-15-16-17-18-19-34-46-35-33-44-41(21-20-22-42(44)37-46)36-40-27-25-38(26-28-40)23-24-39-29-31-43(32-30-39)45(2)3/h23-33,35-37H,4-22,34H2,1-3H3/q+1. The fourth-order valence-electron chi connectivity index (χ4n) is 6.82. The van der Waals surface area contributed by atoms with Crippen LogP contribution in [0.25, 0.3) is 23.8 Å². The van der Waals surface area contributed by atoms with Gasteiger partial charge in [0.1, 0.15) is 6.54 Å². The fraction of sp³-hybridized carbons (Fsp3) is 0.523. The highest BCUT2D eigenvalue weighted by Gasteiger charge is 2.17. The number of aryl methyl sites for hydroxylation is 2. The molecule has 0 aliphatic heterocycles. The molecule has 1 heterocycles. The Morgan fingerprint density at radius 1 is 0.587 bits per heavy atom. The predicted octanol–water partition coefficient (Wildman–Crippen LogP) is 12.3. The van der Waals surface area contributed by atoms with Crippen molar-refractivity contribution in [2.45, 2.75) is 135 Å². The van der Waals surface area contributed by atoms with Gasteiger partial charge in [0, 0.05) is 37.8 Å². The second kappa shape index (κ2) is 20.9. The van der Waals surface area contributed by atoms with Crippen LogP contribution in [0, 0.1) is 0 Å². The van der Waals surface area contributed by atoms with Gasteiger partial charge in [0.15, 0.2) is 12.4 Å². The van der Waals surface area contributed by atoms with Gasteiger partial charge in [0.25, 0.3) is 0 Å². The zero-order valence-electron chi connectivity index (χ0n) is 29.6. The van der Waals surface area contributed by atoms with Gasteiger partial charge in [0.05, 0.1) is 0 Å². The maximum absolute atomic E-state index is 2.45. The van der Waals surface area contributed by atoms with Crippen LogP contribution in [0.2, 0.25) is 0 Å². The van der Waals surface area contributed by atoms with E-state index in [0.29, 0.717) is 0 Å². The Morgan fingerprint density at radius 2 is 1.09 bits per heavy atom. The Bertz CT molecular complexity index is 1310. The van der Waals surface area contributed by atoms with Gasteiger partial charge in [-0.15, -0.1) is 0 Å². The van der Waals surface area contributed by atoms with Crippen molar-refractivity contribution in [3.8, 4) is 0 Å². The molecule has 2 heteroatoms. The molecule has 4 rings (SSSR count). The van der Waals surface area contributed by atoms with Gasteiger partial charge in [0.2, 0.25) is 0 Å². The first-order chi connectivity index (χ1) is 22.6. The highest BCUT2D eigenvalue weighted by molar-refractivity contribution is 5.83. The van der Waals surface area contributed by atoms with E-state index >= 15 is 0 Å². The summed E-state index contributed by atoms with van der Waals surface area (Å²) < 4.78 is 2.45. The van der Waals surface area contributed by atoms with Crippen molar-refractivity contribution in [1.82, 2.24) is 0 Å². The van der Waals surface area contributed by atoms with Crippen LogP contribution in [-0.2, 0) is 13.0 Å². The molecule has 0 amide bonds. The molecule has 0 saturated carbocycles. The van der Waals surface area contributed by atoms with Crippen LogP contribution in [0.3, 0.4) is 0 Å². The third-order valence-electron chi connectivity index (χ3n) is 9.76. The van der Waals surface area contributed by atoms with Gasteiger partial charge in [-0.1, -0.05) is 151 Å². The molecule has 2 nitrogen and oxygen atoms in total. The molecule has 0 radical (unpaired) electrons. The summed E-state index contributed by atoms with van der Waals surface area (Å²) in [6.45, 7) is 3.45. The van der Waals surface area contributed by atoms with Gasteiger partial charge in [-0.3, -0.25) is 0 Å². The predicted molar refractivity (Wildman–Crippen MR) is 203 cm³/mol. The van der Waals surface area contributed by atoms with E-state index in [2.05, 4.69) is 116 Å². The molecule has 2 aromatic carbocycles. The normalized spacial score (nSPS) is 13.8. The largest absolute Gasteiger partial charge is 0.378 e. The number of allylic oxidation sites excluding steroid dienone is 1. The van der Waals surface area contributed by atoms with Crippen LogP contribution in [0.5, 0.6) is 0 Å². The lowest BCUT2D eigenvalue weighted by Crippen LogP contribution is -2.34. The highest BCUT2D eigenvalue weighted by atomic mass is 15.1. The van der Waals surface area contributed by atoms with Crippen molar-refractivity contribution in [1.29, 1.82) is 0 Å². The molecule has 3 aromatic rings. The quantitative estimate of drug-likeness (QED) is 0.0653. The number of anilines is 1. The zero-order chi connectivity index (χ0) is 32.2. The number of fused-ring (bicyclic) bond motifs is 1. The molecule has 0 N–H and O–H groups in total. The van der Waals surface area contributed by atoms with E-state index in [1.54, 1.807) is 0 Å². The minimum absolute atomic E-state index is 1.15. The molecule has 0 saturated heterocycles. The van der Waals surface area contributed by atoms with Gasteiger partial charge in [-0.05, 0) is 65.6 Å². The van der Waals surface area contributed by atoms with Crippen molar-refractivity contribution in [2.24, 2.45) is 0 Å². The number of aromatic nitrogens is 1. The average molecular weight is 620 g/mol. The van der Waals surface area contributed by atoms with Gasteiger partial charge in [-0.25, -0.2) is 4.57 Å². The second-order valence-electron chi connectivity index (χ2n) is 13.9. The van der Waals surface area contributed by atoms with E-state index in [1.807, 2.05) is 0 Å². The molecule has 0 fully saturated rings. The van der Waals surface area contributed by atoms with Crippen LogP contribution in [0.4, 0.5) is 5.69 Å². The van der Waals surface area contributed by atoms with Crippen LogP contribution < -0.4 is 9.47 Å². The maximum atomic E-state index is 2.45. The number of hydrogen-bond donors (Lipinski definition) is 0. The van der Waals surface area contributed by atoms with E-state index in [4.69, 9.17) is 0 Å². The number of rotatable bonds is 21. The summed E-state index contributed by atoms with van der Waals surface area (Å²) in [7, 11) is 4.15. The smallest absolute Gasteiger partial charge is 0.172 e. The first kappa shape index (κ1) is 35.7. The van der Waals surface area contributed by atoms with E-state index in [1.165, 1.54) is 161 Å². The summed E-state index contributed by atoms with van der Waals surface area (Å²) in [6.07, 6.45) is 38.0. The first-order valence-corrected chi connectivity index (χ1v) is 18.9. The Labute approximate surface area is 282 Å². The highest BCUT2D eigenvalue weighted by Crippen LogP contribution is 2.31. The molecule has 1 aromatic heterocycles. The van der Waals surface area contributed by atoms with Crippen LogP contribution >= 0.6 is 0 Å². The molecule has 0 bridgehead atoms. The minimum Gasteiger partial charge on any atom is -0.378 e. The van der Waals surface area contributed by atoms with E-state index in [0.717, 1.165) is 6.54 Å². The van der Waals surface area contributed by atoms with E-state index in [9.17, 15) is 0 Å². The fourth-order valence-corrected chi connectivity index (χ4v) is 6.82. The Kier molecular flexibility index (Phi) is 16.2. The third kappa shape index (κ3) is 12.9. The summed E-state index contributed by atoms with van der Waals surface area (Å²) in [5.74, 6) is 0. The molecular weight excluding hydrogens is 556 g/mol. The lowest BCUT2D eigenvalue weighted by Gasteiger charge is -2.18. The van der Waals surface area contributed by atoms with Crippen LogP contribution in [0.15, 0.2) is 67.0 Å². The minimum atomic E-state index is 1.15. The average Bonchev–Trinajstić information content (AvgIpc) is 3.08. The van der Waals surface area contributed by atoms with Crippen molar-refractivity contribution in [2.75, 3.05) is 19.0 Å². The number of pyridine rings is 1. The summed E-state index contributed by atoms with van der Waals surface area (Å²) in [5, 5.41) is 0. The summed E-state index contributed by atoms with van der Waals surface area (Å²) >= 11 is 0.